The van der Waals surface area contributed by atoms with Gasteiger partial charge in [-0.2, -0.15) is 0 Å². The molecule has 5 nitrogen and oxygen atoms in total. The van der Waals surface area contributed by atoms with E-state index in [1.165, 1.54) is 0 Å². The van der Waals surface area contributed by atoms with Gasteiger partial charge in [-0.25, -0.2) is 0 Å². The van der Waals surface area contributed by atoms with Crippen molar-refractivity contribution in [2.75, 3.05) is 11.9 Å². The van der Waals surface area contributed by atoms with Gasteiger partial charge < -0.3 is 10.6 Å². The molecule has 1 aromatic heterocycles. The van der Waals surface area contributed by atoms with Crippen molar-refractivity contribution in [1.82, 2.24) is 10.3 Å². The van der Waals surface area contributed by atoms with Crippen LogP contribution in [0.25, 0.3) is 10.9 Å². The smallest absolute Gasteiger partial charge is 0.229 e. The van der Waals surface area contributed by atoms with Crippen molar-refractivity contribution in [2.24, 2.45) is 5.92 Å². The van der Waals surface area contributed by atoms with Crippen molar-refractivity contribution in [1.29, 1.82) is 0 Å². The van der Waals surface area contributed by atoms with Crippen molar-refractivity contribution in [3.05, 3.63) is 35.5 Å². The lowest BCUT2D eigenvalue weighted by Crippen LogP contribution is -2.40. The molecule has 2 amide bonds. The first-order chi connectivity index (χ1) is 10.1. The summed E-state index contributed by atoms with van der Waals surface area (Å²) >= 11 is 6.11. The molecule has 0 spiro atoms. The summed E-state index contributed by atoms with van der Waals surface area (Å²) in [5.41, 5.74) is 1.35. The van der Waals surface area contributed by atoms with Crippen molar-refractivity contribution in [3.63, 3.8) is 0 Å². The molecule has 1 aliphatic heterocycles. The normalized spacial score (nSPS) is 18.3. The number of aromatic nitrogens is 1. The second-order valence-corrected chi connectivity index (χ2v) is 5.43. The second kappa shape index (κ2) is 5.69. The summed E-state index contributed by atoms with van der Waals surface area (Å²) in [6.45, 7) is 0.383. The maximum absolute atomic E-state index is 12.3. The van der Waals surface area contributed by atoms with E-state index in [-0.39, 0.29) is 17.7 Å². The number of hydrogen-bond acceptors (Lipinski definition) is 3. The fourth-order valence-electron chi connectivity index (χ4n) is 2.44. The fraction of sp³-hybridized carbons (Fsp3) is 0.267. The average Bonchev–Trinajstić information content (AvgIpc) is 2.51. The quantitative estimate of drug-likeness (QED) is 0.894. The predicted octanol–water partition coefficient (Wildman–Crippen LogP) is 2.35. The minimum absolute atomic E-state index is 0.000178. The molecule has 0 aliphatic carbocycles. The van der Waals surface area contributed by atoms with Crippen LogP contribution in [0.1, 0.15) is 12.8 Å². The Balaban J connectivity index is 1.83. The van der Waals surface area contributed by atoms with Crippen LogP contribution in [0.15, 0.2) is 30.5 Å². The van der Waals surface area contributed by atoms with Gasteiger partial charge in [0.05, 0.1) is 22.1 Å². The number of nitrogens with one attached hydrogen (secondary N) is 2. The van der Waals surface area contributed by atoms with Gasteiger partial charge in [-0.05, 0) is 30.7 Å². The number of anilines is 1. The number of benzene rings is 1. The van der Waals surface area contributed by atoms with Gasteiger partial charge >= 0.3 is 0 Å². The zero-order valence-corrected chi connectivity index (χ0v) is 12.0. The van der Waals surface area contributed by atoms with E-state index in [1.54, 1.807) is 24.4 Å². The predicted molar refractivity (Wildman–Crippen MR) is 81.1 cm³/mol. The van der Waals surface area contributed by atoms with E-state index in [0.29, 0.717) is 35.6 Å². The Bertz CT molecular complexity index is 707. The molecule has 0 radical (unpaired) electrons. The van der Waals surface area contributed by atoms with Crippen LogP contribution in [-0.4, -0.2) is 23.3 Å². The molecule has 3 rings (SSSR count). The van der Waals surface area contributed by atoms with Crippen molar-refractivity contribution < 1.29 is 9.59 Å². The Morgan fingerprint density at radius 2 is 2.24 bits per heavy atom. The molecule has 21 heavy (non-hydrogen) atoms. The Hall–Kier alpha value is -2.14. The third kappa shape index (κ3) is 2.83. The average molecular weight is 304 g/mol. The van der Waals surface area contributed by atoms with Gasteiger partial charge in [0.2, 0.25) is 11.8 Å². The lowest BCUT2D eigenvalue weighted by atomic mass is 9.98. The minimum atomic E-state index is -0.204. The highest BCUT2D eigenvalue weighted by atomic mass is 35.5. The van der Waals surface area contributed by atoms with Gasteiger partial charge in [-0.1, -0.05) is 11.6 Å². The molecule has 2 N–H and O–H groups in total. The Labute approximate surface area is 126 Å². The lowest BCUT2D eigenvalue weighted by Gasteiger charge is -2.22. The number of halogens is 1. The van der Waals surface area contributed by atoms with Crippen LogP contribution in [0, 0.1) is 5.92 Å². The van der Waals surface area contributed by atoms with Gasteiger partial charge in [0, 0.05) is 24.5 Å². The molecule has 108 valence electrons. The second-order valence-electron chi connectivity index (χ2n) is 5.02. The number of carbonyl (C=O) groups is 2. The standard InChI is InChI=1S/C15H14ClN3O2/c16-11-4-5-12(10-2-1-7-17-14(10)11)19-15(21)9-3-6-13(20)18-8-9/h1-2,4-5,7,9H,3,6,8H2,(H,18,20)(H,19,21). The summed E-state index contributed by atoms with van der Waals surface area (Å²) in [7, 11) is 0. The summed E-state index contributed by atoms with van der Waals surface area (Å²) in [6, 6.07) is 7.16. The van der Waals surface area contributed by atoms with Crippen LogP contribution in [0.4, 0.5) is 5.69 Å². The molecular formula is C15H14ClN3O2. The van der Waals surface area contributed by atoms with Crippen LogP contribution in [-0.2, 0) is 9.59 Å². The number of hydrogen-bond donors (Lipinski definition) is 2. The first-order valence-electron chi connectivity index (χ1n) is 6.76. The fourth-order valence-corrected chi connectivity index (χ4v) is 2.65. The van der Waals surface area contributed by atoms with Crippen LogP contribution in [0.3, 0.4) is 0 Å². The van der Waals surface area contributed by atoms with Crippen LogP contribution in [0.2, 0.25) is 5.02 Å². The Morgan fingerprint density at radius 1 is 1.38 bits per heavy atom. The first kappa shape index (κ1) is 13.8. The highest BCUT2D eigenvalue weighted by Crippen LogP contribution is 2.28. The largest absolute Gasteiger partial charge is 0.355 e. The van der Waals surface area contributed by atoms with Crippen LogP contribution in [0.5, 0.6) is 0 Å². The van der Waals surface area contributed by atoms with Crippen molar-refractivity contribution >= 4 is 40.0 Å². The maximum Gasteiger partial charge on any atom is 0.229 e. The van der Waals surface area contributed by atoms with E-state index in [2.05, 4.69) is 15.6 Å². The van der Waals surface area contributed by atoms with Crippen molar-refractivity contribution in [3.8, 4) is 0 Å². The number of nitrogens with zero attached hydrogens (tertiary/aromatic N) is 1. The van der Waals surface area contributed by atoms with Gasteiger partial charge in [0.15, 0.2) is 0 Å². The minimum Gasteiger partial charge on any atom is -0.355 e. The SMILES string of the molecule is O=C1CCC(C(=O)Nc2ccc(Cl)c3ncccc23)CN1. The van der Waals surface area contributed by atoms with E-state index in [9.17, 15) is 9.59 Å². The number of rotatable bonds is 2. The molecule has 0 bridgehead atoms. The number of piperidine rings is 1. The lowest BCUT2D eigenvalue weighted by molar-refractivity contribution is -0.126. The number of pyridine rings is 1. The molecule has 6 heteroatoms. The van der Waals surface area contributed by atoms with E-state index in [1.807, 2.05) is 6.07 Å². The van der Waals surface area contributed by atoms with E-state index >= 15 is 0 Å². The Kier molecular flexibility index (Phi) is 3.75. The Morgan fingerprint density at radius 3 is 3.00 bits per heavy atom. The summed E-state index contributed by atoms with van der Waals surface area (Å²) in [5.74, 6) is -0.298. The third-order valence-corrected chi connectivity index (χ3v) is 3.92. The van der Waals surface area contributed by atoms with Crippen LogP contribution >= 0.6 is 11.6 Å². The summed E-state index contributed by atoms with van der Waals surface area (Å²) < 4.78 is 0. The molecule has 0 saturated carbocycles. The molecule has 1 unspecified atom stereocenters. The molecule has 1 fully saturated rings. The molecule has 1 aromatic carbocycles. The number of amides is 2. The van der Waals surface area contributed by atoms with Crippen LogP contribution < -0.4 is 10.6 Å². The van der Waals surface area contributed by atoms with E-state index in [4.69, 9.17) is 11.6 Å². The maximum atomic E-state index is 12.3. The molecule has 1 aliphatic rings. The van der Waals surface area contributed by atoms with Gasteiger partial charge in [0.25, 0.3) is 0 Å². The molecular weight excluding hydrogens is 290 g/mol. The monoisotopic (exact) mass is 303 g/mol. The topological polar surface area (TPSA) is 71.1 Å². The van der Waals surface area contributed by atoms with E-state index < -0.39 is 0 Å². The summed E-state index contributed by atoms with van der Waals surface area (Å²) in [5, 5.41) is 6.97. The molecule has 2 aromatic rings. The molecule has 2 heterocycles. The number of carbonyl (C=O) groups excluding carboxylic acids is 2. The van der Waals surface area contributed by atoms with Gasteiger partial charge in [-0.15, -0.1) is 0 Å². The van der Waals surface area contributed by atoms with Gasteiger partial charge in [-0.3, -0.25) is 14.6 Å². The summed E-state index contributed by atoms with van der Waals surface area (Å²) in [6.07, 6.45) is 2.62. The highest BCUT2D eigenvalue weighted by molar-refractivity contribution is 6.35. The highest BCUT2D eigenvalue weighted by Gasteiger charge is 2.24. The van der Waals surface area contributed by atoms with E-state index in [0.717, 1.165) is 5.39 Å². The third-order valence-electron chi connectivity index (χ3n) is 3.61. The zero-order chi connectivity index (χ0) is 14.8. The van der Waals surface area contributed by atoms with Gasteiger partial charge in [0.1, 0.15) is 0 Å². The molecule has 1 saturated heterocycles. The molecule has 1 atom stereocenters. The number of fused-ring (bicyclic) bond motifs is 1. The summed E-state index contributed by atoms with van der Waals surface area (Å²) in [4.78, 5) is 27.7. The first-order valence-corrected chi connectivity index (χ1v) is 7.14. The van der Waals surface area contributed by atoms with Crippen molar-refractivity contribution in [2.45, 2.75) is 12.8 Å². The zero-order valence-electron chi connectivity index (χ0n) is 11.2.